The first-order valence-corrected chi connectivity index (χ1v) is 8.24. The fourth-order valence-electron chi connectivity index (χ4n) is 3.31. The number of hydrogen-bond donors (Lipinski definition) is 1. The van der Waals surface area contributed by atoms with E-state index in [0.717, 1.165) is 6.54 Å². The van der Waals surface area contributed by atoms with Gasteiger partial charge in [-0.1, -0.05) is 30.3 Å². The van der Waals surface area contributed by atoms with Crippen LogP contribution in [-0.4, -0.2) is 18.0 Å². The molecule has 2 heterocycles. The van der Waals surface area contributed by atoms with Crippen molar-refractivity contribution in [3.05, 3.63) is 57.8 Å². The summed E-state index contributed by atoms with van der Waals surface area (Å²) in [4.78, 5) is 4.05. The summed E-state index contributed by atoms with van der Waals surface area (Å²) in [6, 6.07) is 14.0. The lowest BCUT2D eigenvalue weighted by atomic mass is 10.0. The van der Waals surface area contributed by atoms with E-state index < -0.39 is 0 Å². The monoisotopic (exact) mass is 286 g/mol. The Morgan fingerprint density at radius 1 is 1.30 bits per heavy atom. The normalized spacial score (nSPS) is 21.2. The minimum atomic E-state index is 0.364. The average molecular weight is 286 g/mol. The lowest BCUT2D eigenvalue weighted by Gasteiger charge is -2.32. The van der Waals surface area contributed by atoms with Gasteiger partial charge in [0.05, 0.1) is 6.04 Å². The number of nitrogens with zero attached hydrogens (tertiary/aromatic N) is 1. The van der Waals surface area contributed by atoms with Crippen molar-refractivity contribution in [1.29, 1.82) is 0 Å². The zero-order valence-corrected chi connectivity index (χ0v) is 12.8. The summed E-state index contributed by atoms with van der Waals surface area (Å²) in [6.45, 7) is 4.05. The second-order valence-corrected chi connectivity index (χ2v) is 6.47. The quantitative estimate of drug-likeness (QED) is 0.924. The van der Waals surface area contributed by atoms with E-state index in [-0.39, 0.29) is 0 Å². The highest BCUT2D eigenvalue weighted by Crippen LogP contribution is 2.40. The number of rotatable bonds is 4. The highest BCUT2D eigenvalue weighted by atomic mass is 32.1. The molecular formula is C17H22N2S. The molecule has 106 valence electrons. The average Bonchev–Trinajstić information content (AvgIpc) is 3.11. The van der Waals surface area contributed by atoms with Crippen LogP contribution in [0.25, 0.3) is 0 Å². The van der Waals surface area contributed by atoms with E-state index in [9.17, 15) is 0 Å². The SMILES string of the molecule is Cc1ccsc1C(CN)N1CCCC1c1ccccc1. The van der Waals surface area contributed by atoms with E-state index in [1.807, 2.05) is 11.3 Å². The van der Waals surface area contributed by atoms with Crippen LogP contribution in [0.5, 0.6) is 0 Å². The summed E-state index contributed by atoms with van der Waals surface area (Å²) in [5.41, 5.74) is 8.93. The molecule has 0 bridgehead atoms. The third-order valence-electron chi connectivity index (χ3n) is 4.31. The maximum absolute atomic E-state index is 6.12. The largest absolute Gasteiger partial charge is 0.329 e. The molecule has 1 aromatic carbocycles. The molecule has 0 radical (unpaired) electrons. The van der Waals surface area contributed by atoms with E-state index in [4.69, 9.17) is 5.73 Å². The smallest absolute Gasteiger partial charge is 0.0572 e. The predicted octanol–water partition coefficient (Wildman–Crippen LogP) is 3.89. The van der Waals surface area contributed by atoms with Crippen molar-refractivity contribution in [2.24, 2.45) is 5.73 Å². The first-order valence-electron chi connectivity index (χ1n) is 7.36. The van der Waals surface area contributed by atoms with Gasteiger partial charge in [0.25, 0.3) is 0 Å². The predicted molar refractivity (Wildman–Crippen MR) is 86.0 cm³/mol. The van der Waals surface area contributed by atoms with Crippen LogP contribution in [0.4, 0.5) is 0 Å². The Bertz CT molecular complexity index is 549. The van der Waals surface area contributed by atoms with Gasteiger partial charge in [0.1, 0.15) is 0 Å². The van der Waals surface area contributed by atoms with Crippen LogP contribution < -0.4 is 5.73 Å². The van der Waals surface area contributed by atoms with Crippen molar-refractivity contribution in [2.75, 3.05) is 13.1 Å². The molecule has 2 aromatic rings. The van der Waals surface area contributed by atoms with E-state index in [1.54, 1.807) is 0 Å². The second kappa shape index (κ2) is 6.08. The molecule has 2 atom stereocenters. The molecule has 3 heteroatoms. The Kier molecular flexibility index (Phi) is 4.20. The molecule has 20 heavy (non-hydrogen) atoms. The molecule has 1 aromatic heterocycles. The van der Waals surface area contributed by atoms with Gasteiger partial charge in [-0.3, -0.25) is 4.90 Å². The minimum Gasteiger partial charge on any atom is -0.329 e. The number of likely N-dealkylation sites (tertiary alicyclic amines) is 1. The van der Waals surface area contributed by atoms with Gasteiger partial charge in [-0.2, -0.15) is 0 Å². The van der Waals surface area contributed by atoms with E-state index in [2.05, 4.69) is 53.6 Å². The lowest BCUT2D eigenvalue weighted by Crippen LogP contribution is -2.33. The highest BCUT2D eigenvalue weighted by Gasteiger charge is 2.32. The van der Waals surface area contributed by atoms with Crippen molar-refractivity contribution in [1.82, 2.24) is 4.90 Å². The first kappa shape index (κ1) is 13.8. The fourth-order valence-corrected chi connectivity index (χ4v) is 4.38. The lowest BCUT2D eigenvalue weighted by molar-refractivity contribution is 0.187. The maximum Gasteiger partial charge on any atom is 0.0572 e. The van der Waals surface area contributed by atoms with Gasteiger partial charge in [0.15, 0.2) is 0 Å². The molecule has 2 N–H and O–H groups in total. The molecule has 1 saturated heterocycles. The van der Waals surface area contributed by atoms with Crippen LogP contribution in [0.3, 0.4) is 0 Å². The Morgan fingerprint density at radius 2 is 2.10 bits per heavy atom. The second-order valence-electron chi connectivity index (χ2n) is 5.53. The number of aryl methyl sites for hydroxylation is 1. The Labute approximate surface area is 125 Å². The first-order chi connectivity index (χ1) is 9.81. The summed E-state index contributed by atoms with van der Waals surface area (Å²) in [6.07, 6.45) is 2.51. The molecule has 0 spiro atoms. The molecule has 2 nitrogen and oxygen atoms in total. The molecule has 0 saturated carbocycles. The number of nitrogens with two attached hydrogens (primary N) is 1. The van der Waals surface area contributed by atoms with Gasteiger partial charge < -0.3 is 5.73 Å². The molecule has 3 rings (SSSR count). The summed E-state index contributed by atoms with van der Waals surface area (Å²) < 4.78 is 0. The van der Waals surface area contributed by atoms with Crippen molar-refractivity contribution < 1.29 is 0 Å². The van der Waals surface area contributed by atoms with Crippen LogP contribution in [-0.2, 0) is 0 Å². The van der Waals surface area contributed by atoms with Crippen molar-refractivity contribution >= 4 is 11.3 Å². The van der Waals surface area contributed by atoms with E-state index >= 15 is 0 Å². The van der Waals surface area contributed by atoms with Crippen molar-refractivity contribution in [2.45, 2.75) is 31.8 Å². The zero-order valence-electron chi connectivity index (χ0n) is 12.0. The summed E-state index contributed by atoms with van der Waals surface area (Å²) in [5.74, 6) is 0. The van der Waals surface area contributed by atoms with Gasteiger partial charge in [-0.25, -0.2) is 0 Å². The van der Waals surface area contributed by atoms with Crippen LogP contribution in [0.2, 0.25) is 0 Å². The molecule has 1 aliphatic rings. The molecule has 0 amide bonds. The van der Waals surface area contributed by atoms with Crippen LogP contribution in [0.15, 0.2) is 41.8 Å². The summed E-state index contributed by atoms with van der Waals surface area (Å²) in [7, 11) is 0. The van der Waals surface area contributed by atoms with Crippen LogP contribution in [0.1, 0.15) is 40.9 Å². The van der Waals surface area contributed by atoms with E-state index in [0.29, 0.717) is 18.6 Å². The molecule has 2 unspecified atom stereocenters. The number of thiophene rings is 1. The molecule has 1 fully saturated rings. The topological polar surface area (TPSA) is 29.3 Å². The van der Waals surface area contributed by atoms with Gasteiger partial charge in [0.2, 0.25) is 0 Å². The number of benzene rings is 1. The fraction of sp³-hybridized carbons (Fsp3) is 0.412. The van der Waals surface area contributed by atoms with Gasteiger partial charge in [-0.05, 0) is 48.9 Å². The van der Waals surface area contributed by atoms with Crippen LogP contribution >= 0.6 is 11.3 Å². The van der Waals surface area contributed by atoms with Crippen molar-refractivity contribution in [3.8, 4) is 0 Å². The Balaban J connectivity index is 1.89. The van der Waals surface area contributed by atoms with Crippen LogP contribution in [0, 0.1) is 6.92 Å². The van der Waals surface area contributed by atoms with Gasteiger partial charge >= 0.3 is 0 Å². The Hall–Kier alpha value is -1.16. The van der Waals surface area contributed by atoms with E-state index in [1.165, 1.54) is 28.8 Å². The highest BCUT2D eigenvalue weighted by molar-refractivity contribution is 7.10. The third kappa shape index (κ3) is 2.53. The Morgan fingerprint density at radius 3 is 2.75 bits per heavy atom. The molecule has 0 aliphatic carbocycles. The summed E-state index contributed by atoms with van der Waals surface area (Å²) in [5, 5.41) is 2.18. The van der Waals surface area contributed by atoms with Gasteiger partial charge in [-0.15, -0.1) is 11.3 Å². The maximum atomic E-state index is 6.12. The minimum absolute atomic E-state index is 0.364. The number of hydrogen-bond acceptors (Lipinski definition) is 3. The standard InChI is InChI=1S/C17H22N2S/c1-13-9-11-20-17(13)16(12-18)19-10-5-8-15(19)14-6-3-2-4-7-14/h2-4,6-7,9,11,15-16H,5,8,10,12,18H2,1H3. The molecule has 1 aliphatic heterocycles. The zero-order chi connectivity index (χ0) is 13.9. The third-order valence-corrected chi connectivity index (χ3v) is 5.43. The van der Waals surface area contributed by atoms with Gasteiger partial charge in [0, 0.05) is 17.5 Å². The molecular weight excluding hydrogens is 264 g/mol. The van der Waals surface area contributed by atoms with Crippen molar-refractivity contribution in [3.63, 3.8) is 0 Å². The summed E-state index contributed by atoms with van der Waals surface area (Å²) >= 11 is 1.84.